The fourth-order valence-electron chi connectivity index (χ4n) is 2.39. The van der Waals surface area contributed by atoms with Gasteiger partial charge in [-0.3, -0.25) is 9.59 Å². The Kier molecular flexibility index (Phi) is 6.63. The van der Waals surface area contributed by atoms with E-state index in [4.69, 9.17) is 9.84 Å². The molecule has 0 saturated heterocycles. The number of thiophene rings is 1. The van der Waals surface area contributed by atoms with Crippen LogP contribution in [0.2, 0.25) is 0 Å². The number of Topliss-reactive ketones (excluding diaryl/α,β-unsaturated/α-hetero) is 1. The Labute approximate surface area is 169 Å². The van der Waals surface area contributed by atoms with Gasteiger partial charge in [-0.2, -0.15) is 16.1 Å². The number of hydrogen-bond donors (Lipinski definition) is 2. The summed E-state index contributed by atoms with van der Waals surface area (Å²) in [5.74, 6) is -1.47. The first kappa shape index (κ1) is 20.1. The van der Waals surface area contributed by atoms with Crippen molar-refractivity contribution in [3.05, 3.63) is 52.7 Å². The van der Waals surface area contributed by atoms with E-state index in [0.29, 0.717) is 5.82 Å². The summed E-state index contributed by atoms with van der Waals surface area (Å²) in [5.41, 5.74) is 1.52. The number of tetrazole rings is 1. The number of ether oxygens (including phenoxy) is 1. The molecule has 3 rings (SSSR count). The van der Waals surface area contributed by atoms with E-state index in [1.54, 1.807) is 24.3 Å². The number of carbonyl (C=O) groups excluding carboxylic acids is 2. The molecule has 150 valence electrons. The molecule has 0 spiro atoms. The maximum absolute atomic E-state index is 12.5. The van der Waals surface area contributed by atoms with Crippen molar-refractivity contribution in [3.63, 3.8) is 0 Å². The summed E-state index contributed by atoms with van der Waals surface area (Å²) in [4.78, 5) is 36.6. The number of ketones is 1. The summed E-state index contributed by atoms with van der Waals surface area (Å²) in [6.07, 6.45) is -1.48. The molecule has 0 radical (unpaired) electrons. The molecule has 1 amide bonds. The Hall–Kier alpha value is -3.60. The maximum Gasteiger partial charge on any atom is 0.408 e. The fraction of sp³-hybridized carbons (Fsp3) is 0.222. The number of alkyl carbamates (subject to hydrolysis) is 1. The molecule has 10 nitrogen and oxygen atoms in total. The minimum absolute atomic E-state index is 0.00467. The molecule has 0 bridgehead atoms. The lowest BCUT2D eigenvalue weighted by molar-refractivity contribution is -0.139. The number of aromatic nitrogens is 4. The predicted molar refractivity (Wildman–Crippen MR) is 102 cm³/mol. The van der Waals surface area contributed by atoms with E-state index in [2.05, 4.69) is 20.7 Å². The minimum Gasteiger partial charge on any atom is -0.481 e. The van der Waals surface area contributed by atoms with Crippen LogP contribution in [0, 0.1) is 0 Å². The molecule has 0 saturated carbocycles. The second kappa shape index (κ2) is 9.55. The highest BCUT2D eigenvalue weighted by Crippen LogP contribution is 2.16. The standard InChI is InChI=1S/C18H17N5O5S/c24-15(9-23-21-17(20-22-23)13-6-7-29-11-13)14(8-16(25)26)19-18(27)28-10-12-4-2-1-3-5-12/h1-7,11,14H,8-10H2,(H,19,27)(H,25,26). The zero-order valence-corrected chi connectivity index (χ0v) is 15.9. The summed E-state index contributed by atoms with van der Waals surface area (Å²) in [6, 6.07) is 9.49. The molecule has 1 unspecified atom stereocenters. The zero-order valence-electron chi connectivity index (χ0n) is 15.1. The molecule has 29 heavy (non-hydrogen) atoms. The average Bonchev–Trinajstić information content (AvgIpc) is 3.38. The molecule has 0 aliphatic carbocycles. The number of amides is 1. The fourth-order valence-corrected chi connectivity index (χ4v) is 3.03. The van der Waals surface area contributed by atoms with Gasteiger partial charge in [0.05, 0.1) is 6.42 Å². The number of carbonyl (C=O) groups is 3. The molecule has 11 heteroatoms. The van der Waals surface area contributed by atoms with Crippen LogP contribution >= 0.6 is 11.3 Å². The van der Waals surface area contributed by atoms with E-state index >= 15 is 0 Å². The van der Waals surface area contributed by atoms with E-state index in [1.807, 2.05) is 22.9 Å². The van der Waals surface area contributed by atoms with Crippen LogP contribution in [0.15, 0.2) is 47.2 Å². The Morgan fingerprint density at radius 2 is 2.00 bits per heavy atom. The van der Waals surface area contributed by atoms with E-state index in [9.17, 15) is 14.4 Å². The monoisotopic (exact) mass is 415 g/mol. The van der Waals surface area contributed by atoms with Gasteiger partial charge in [0.1, 0.15) is 19.2 Å². The number of nitrogens with zero attached hydrogens (tertiary/aromatic N) is 4. The number of carboxylic acid groups (broad SMARTS) is 1. The van der Waals surface area contributed by atoms with Crippen molar-refractivity contribution in [1.29, 1.82) is 0 Å². The van der Waals surface area contributed by atoms with Crippen LogP contribution in [0.1, 0.15) is 12.0 Å². The second-order valence-electron chi connectivity index (χ2n) is 5.98. The Balaban J connectivity index is 1.59. The molecular formula is C18H17N5O5S. The lowest BCUT2D eigenvalue weighted by Crippen LogP contribution is -2.44. The van der Waals surface area contributed by atoms with Gasteiger partial charge in [0.15, 0.2) is 5.78 Å². The summed E-state index contributed by atoms with van der Waals surface area (Å²) >= 11 is 1.47. The predicted octanol–water partition coefficient (Wildman–Crippen LogP) is 1.74. The number of nitrogens with one attached hydrogen (secondary N) is 1. The Morgan fingerprint density at radius 3 is 2.69 bits per heavy atom. The molecule has 1 atom stereocenters. The summed E-state index contributed by atoms with van der Waals surface area (Å²) in [7, 11) is 0. The van der Waals surface area contributed by atoms with Crippen molar-refractivity contribution in [3.8, 4) is 11.4 Å². The van der Waals surface area contributed by atoms with Gasteiger partial charge in [-0.1, -0.05) is 30.3 Å². The van der Waals surface area contributed by atoms with Gasteiger partial charge in [0, 0.05) is 10.9 Å². The van der Waals surface area contributed by atoms with E-state index in [-0.39, 0.29) is 13.2 Å². The molecular weight excluding hydrogens is 398 g/mol. The van der Waals surface area contributed by atoms with Gasteiger partial charge < -0.3 is 15.2 Å². The quantitative estimate of drug-likeness (QED) is 0.539. The van der Waals surface area contributed by atoms with Crippen LogP contribution in [0.3, 0.4) is 0 Å². The van der Waals surface area contributed by atoms with Crippen molar-refractivity contribution in [1.82, 2.24) is 25.5 Å². The van der Waals surface area contributed by atoms with E-state index < -0.39 is 30.3 Å². The summed E-state index contributed by atoms with van der Waals surface area (Å²) in [6.45, 7) is -0.344. The smallest absolute Gasteiger partial charge is 0.408 e. The van der Waals surface area contributed by atoms with Crippen LogP contribution in [-0.2, 0) is 27.5 Å². The normalized spacial score (nSPS) is 11.6. The number of carboxylic acids is 1. The lowest BCUT2D eigenvalue weighted by atomic mass is 10.1. The molecule has 2 heterocycles. The van der Waals surface area contributed by atoms with Crippen LogP contribution in [-0.4, -0.2) is 49.2 Å². The topological polar surface area (TPSA) is 136 Å². The number of aliphatic carboxylic acids is 1. The number of hydrogen-bond acceptors (Lipinski definition) is 8. The molecule has 2 N–H and O–H groups in total. The first-order valence-corrected chi connectivity index (χ1v) is 9.47. The SMILES string of the molecule is O=C(O)CC(NC(=O)OCc1ccccc1)C(=O)Cn1nnc(-c2ccsc2)n1. The van der Waals surface area contributed by atoms with Crippen LogP contribution < -0.4 is 5.32 Å². The van der Waals surface area contributed by atoms with Gasteiger partial charge in [0.25, 0.3) is 0 Å². The molecule has 1 aromatic carbocycles. The van der Waals surface area contributed by atoms with Crippen molar-refractivity contribution < 1.29 is 24.2 Å². The highest BCUT2D eigenvalue weighted by atomic mass is 32.1. The van der Waals surface area contributed by atoms with Gasteiger partial charge in [-0.15, -0.1) is 10.2 Å². The third-order valence-electron chi connectivity index (χ3n) is 3.80. The van der Waals surface area contributed by atoms with Crippen LogP contribution in [0.5, 0.6) is 0 Å². The first-order chi connectivity index (χ1) is 14.0. The minimum atomic E-state index is -1.29. The van der Waals surface area contributed by atoms with Crippen molar-refractivity contribution in [2.45, 2.75) is 25.6 Å². The van der Waals surface area contributed by atoms with Crippen LogP contribution in [0.4, 0.5) is 4.79 Å². The van der Waals surface area contributed by atoms with Gasteiger partial charge in [0.2, 0.25) is 5.82 Å². The van der Waals surface area contributed by atoms with Crippen LogP contribution in [0.25, 0.3) is 11.4 Å². The summed E-state index contributed by atoms with van der Waals surface area (Å²) in [5, 5.41) is 26.8. The average molecular weight is 415 g/mol. The van der Waals surface area contributed by atoms with Crippen molar-refractivity contribution >= 4 is 29.2 Å². The highest BCUT2D eigenvalue weighted by Gasteiger charge is 2.25. The zero-order chi connectivity index (χ0) is 20.6. The van der Waals surface area contributed by atoms with Gasteiger partial charge >= 0.3 is 12.1 Å². The number of rotatable bonds is 9. The molecule has 0 aliphatic rings. The molecule has 3 aromatic rings. The maximum atomic E-state index is 12.5. The van der Waals surface area contributed by atoms with Crippen molar-refractivity contribution in [2.75, 3.05) is 0 Å². The number of benzene rings is 1. The lowest BCUT2D eigenvalue weighted by Gasteiger charge is -2.15. The Morgan fingerprint density at radius 1 is 1.21 bits per heavy atom. The molecule has 0 fully saturated rings. The third kappa shape index (κ3) is 5.94. The first-order valence-electron chi connectivity index (χ1n) is 8.53. The van der Waals surface area contributed by atoms with Gasteiger partial charge in [-0.05, 0) is 22.2 Å². The van der Waals surface area contributed by atoms with E-state index in [0.717, 1.165) is 15.9 Å². The largest absolute Gasteiger partial charge is 0.481 e. The summed E-state index contributed by atoms with van der Waals surface area (Å²) < 4.78 is 5.05. The molecule has 2 aromatic heterocycles. The van der Waals surface area contributed by atoms with E-state index in [1.165, 1.54) is 11.3 Å². The highest BCUT2D eigenvalue weighted by molar-refractivity contribution is 7.08. The third-order valence-corrected chi connectivity index (χ3v) is 4.48. The second-order valence-corrected chi connectivity index (χ2v) is 6.76. The van der Waals surface area contributed by atoms with Crippen molar-refractivity contribution in [2.24, 2.45) is 0 Å². The van der Waals surface area contributed by atoms with Gasteiger partial charge in [-0.25, -0.2) is 4.79 Å². The molecule has 0 aliphatic heterocycles. The Bertz CT molecular complexity index is 974.